The Balaban J connectivity index is 1.61. The first-order chi connectivity index (χ1) is 14.0. The zero-order chi connectivity index (χ0) is 20.8. The number of rotatable bonds is 7. The third kappa shape index (κ3) is 4.70. The summed E-state index contributed by atoms with van der Waals surface area (Å²) >= 11 is 0. The molecule has 0 saturated heterocycles. The summed E-state index contributed by atoms with van der Waals surface area (Å²) in [5.41, 5.74) is 1.64. The first-order valence-electron chi connectivity index (χ1n) is 8.70. The molecule has 0 saturated carbocycles. The Morgan fingerprint density at radius 1 is 1.00 bits per heavy atom. The van der Waals surface area contributed by atoms with E-state index in [0.717, 1.165) is 0 Å². The number of hydrogen-bond donors (Lipinski definition) is 1. The highest BCUT2D eigenvalue weighted by molar-refractivity contribution is 5.95. The van der Waals surface area contributed by atoms with Crippen LogP contribution in [0.5, 0.6) is 11.5 Å². The van der Waals surface area contributed by atoms with E-state index in [0.29, 0.717) is 28.6 Å². The molecule has 1 heterocycles. The van der Waals surface area contributed by atoms with Gasteiger partial charge in [-0.25, -0.2) is 4.79 Å². The zero-order valence-electron chi connectivity index (χ0n) is 16.2. The van der Waals surface area contributed by atoms with Crippen molar-refractivity contribution in [3.8, 4) is 17.2 Å². The van der Waals surface area contributed by atoms with Gasteiger partial charge in [-0.2, -0.15) is 9.90 Å². The number of benzene rings is 2. The van der Waals surface area contributed by atoms with Crippen LogP contribution < -0.4 is 14.8 Å². The molecule has 0 unspecified atom stereocenters. The first-order valence-corrected chi connectivity index (χ1v) is 8.70. The van der Waals surface area contributed by atoms with Crippen LogP contribution in [0.25, 0.3) is 5.69 Å². The van der Waals surface area contributed by atoms with Crippen LogP contribution in [-0.2, 0) is 9.53 Å². The van der Waals surface area contributed by atoms with E-state index in [4.69, 9.17) is 14.2 Å². The summed E-state index contributed by atoms with van der Waals surface area (Å²) in [6.45, 7) is 1.18. The minimum atomic E-state index is -0.729. The lowest BCUT2D eigenvalue weighted by molar-refractivity contribution is -0.119. The number of methoxy groups -OCH3 is 2. The molecule has 0 aliphatic heterocycles. The molecule has 1 amide bonds. The zero-order valence-corrected chi connectivity index (χ0v) is 16.2. The van der Waals surface area contributed by atoms with Gasteiger partial charge in [0, 0.05) is 11.8 Å². The average molecular weight is 396 g/mol. The number of nitrogens with one attached hydrogen (secondary N) is 1. The largest absolute Gasteiger partial charge is 0.493 e. The summed E-state index contributed by atoms with van der Waals surface area (Å²) in [5, 5.41) is 11.0. The van der Waals surface area contributed by atoms with Crippen molar-refractivity contribution in [2.24, 2.45) is 0 Å². The fourth-order valence-corrected chi connectivity index (χ4v) is 2.55. The van der Waals surface area contributed by atoms with Gasteiger partial charge in [0.05, 0.1) is 25.6 Å². The SMILES string of the molecule is COc1ccc(NC(=O)COC(=O)c2nn(-c3ccccc3)nc2C)cc1OC. The summed E-state index contributed by atoms with van der Waals surface area (Å²) in [7, 11) is 3.02. The maximum absolute atomic E-state index is 12.3. The molecule has 29 heavy (non-hydrogen) atoms. The number of aromatic nitrogens is 3. The van der Waals surface area contributed by atoms with E-state index in [1.165, 1.54) is 19.0 Å². The summed E-state index contributed by atoms with van der Waals surface area (Å²) in [4.78, 5) is 25.8. The molecule has 0 spiro atoms. The molecule has 0 radical (unpaired) electrons. The Morgan fingerprint density at radius 3 is 2.41 bits per heavy atom. The quantitative estimate of drug-likeness (QED) is 0.612. The van der Waals surface area contributed by atoms with Gasteiger partial charge in [-0.1, -0.05) is 18.2 Å². The lowest BCUT2D eigenvalue weighted by Gasteiger charge is -2.10. The molecule has 3 aromatic rings. The molecule has 9 nitrogen and oxygen atoms in total. The number of anilines is 1. The fourth-order valence-electron chi connectivity index (χ4n) is 2.55. The second-order valence-corrected chi connectivity index (χ2v) is 5.95. The molecule has 3 rings (SSSR count). The normalized spacial score (nSPS) is 10.3. The maximum Gasteiger partial charge on any atom is 0.361 e. The lowest BCUT2D eigenvalue weighted by atomic mass is 10.2. The Hall–Kier alpha value is -3.88. The fraction of sp³-hybridized carbons (Fsp3) is 0.200. The monoisotopic (exact) mass is 396 g/mol. The van der Waals surface area contributed by atoms with E-state index >= 15 is 0 Å². The number of carbonyl (C=O) groups excluding carboxylic acids is 2. The standard InChI is InChI=1S/C20H20N4O5/c1-13-19(23-24(22-13)15-7-5-4-6-8-15)20(26)29-12-18(25)21-14-9-10-16(27-2)17(11-14)28-3/h4-11H,12H2,1-3H3,(H,21,25). The molecular formula is C20H20N4O5. The van der Waals surface area contributed by atoms with Crippen molar-refractivity contribution in [3.05, 3.63) is 59.9 Å². The van der Waals surface area contributed by atoms with Crippen LogP contribution in [0.1, 0.15) is 16.2 Å². The van der Waals surface area contributed by atoms with Crippen molar-refractivity contribution in [3.63, 3.8) is 0 Å². The second-order valence-electron chi connectivity index (χ2n) is 5.95. The molecule has 9 heteroatoms. The topological polar surface area (TPSA) is 105 Å². The number of aryl methyl sites for hydroxylation is 1. The lowest BCUT2D eigenvalue weighted by Crippen LogP contribution is -2.21. The molecule has 150 valence electrons. The molecule has 0 fully saturated rings. The number of ether oxygens (including phenoxy) is 3. The van der Waals surface area contributed by atoms with Crippen LogP contribution in [0, 0.1) is 6.92 Å². The van der Waals surface area contributed by atoms with Gasteiger partial charge in [0.2, 0.25) is 0 Å². The van der Waals surface area contributed by atoms with E-state index in [9.17, 15) is 9.59 Å². The Kier molecular flexibility index (Phi) is 6.08. The molecule has 0 bridgehead atoms. The molecule has 0 aliphatic carbocycles. The van der Waals surface area contributed by atoms with Crippen LogP contribution in [0.4, 0.5) is 5.69 Å². The molecule has 2 aromatic carbocycles. The summed E-state index contributed by atoms with van der Waals surface area (Å²) in [6, 6.07) is 14.1. The Labute approximate surface area is 167 Å². The van der Waals surface area contributed by atoms with Gasteiger partial charge in [-0.05, 0) is 31.2 Å². The van der Waals surface area contributed by atoms with Crippen LogP contribution in [-0.4, -0.2) is 47.7 Å². The van der Waals surface area contributed by atoms with E-state index < -0.39 is 18.5 Å². The van der Waals surface area contributed by atoms with Crippen molar-refractivity contribution in [1.29, 1.82) is 0 Å². The van der Waals surface area contributed by atoms with E-state index in [1.807, 2.05) is 30.3 Å². The van der Waals surface area contributed by atoms with Gasteiger partial charge in [0.25, 0.3) is 5.91 Å². The number of para-hydroxylation sites is 1. The average Bonchev–Trinajstić information content (AvgIpc) is 3.14. The smallest absolute Gasteiger partial charge is 0.361 e. The highest BCUT2D eigenvalue weighted by Gasteiger charge is 2.19. The van der Waals surface area contributed by atoms with E-state index in [-0.39, 0.29) is 5.69 Å². The van der Waals surface area contributed by atoms with Crippen LogP contribution in [0.2, 0.25) is 0 Å². The summed E-state index contributed by atoms with van der Waals surface area (Å²) < 4.78 is 15.4. The van der Waals surface area contributed by atoms with Crippen LogP contribution >= 0.6 is 0 Å². The van der Waals surface area contributed by atoms with Crippen molar-refractivity contribution < 1.29 is 23.8 Å². The minimum Gasteiger partial charge on any atom is -0.493 e. The number of amides is 1. The third-order valence-corrected chi connectivity index (χ3v) is 3.96. The van der Waals surface area contributed by atoms with Crippen molar-refractivity contribution in [2.45, 2.75) is 6.92 Å². The van der Waals surface area contributed by atoms with Gasteiger partial charge < -0.3 is 19.5 Å². The number of carbonyl (C=O) groups is 2. The van der Waals surface area contributed by atoms with Gasteiger partial charge >= 0.3 is 5.97 Å². The molecule has 0 atom stereocenters. The molecule has 0 aliphatic rings. The maximum atomic E-state index is 12.3. The first kappa shape index (κ1) is 19.9. The molecule has 1 aromatic heterocycles. The second kappa shape index (κ2) is 8.87. The van der Waals surface area contributed by atoms with Gasteiger partial charge in [0.1, 0.15) is 0 Å². The van der Waals surface area contributed by atoms with Gasteiger partial charge in [0.15, 0.2) is 23.8 Å². The number of esters is 1. The number of hydrogen-bond acceptors (Lipinski definition) is 7. The van der Waals surface area contributed by atoms with Crippen molar-refractivity contribution in [2.75, 3.05) is 26.1 Å². The molecule has 1 N–H and O–H groups in total. The van der Waals surface area contributed by atoms with Crippen molar-refractivity contribution >= 4 is 17.6 Å². The van der Waals surface area contributed by atoms with Gasteiger partial charge in [-0.15, -0.1) is 5.10 Å². The van der Waals surface area contributed by atoms with E-state index in [1.54, 1.807) is 25.1 Å². The predicted molar refractivity (Wildman–Crippen MR) is 105 cm³/mol. The molecular weight excluding hydrogens is 376 g/mol. The van der Waals surface area contributed by atoms with Crippen molar-refractivity contribution in [1.82, 2.24) is 15.0 Å². The highest BCUT2D eigenvalue weighted by atomic mass is 16.5. The third-order valence-electron chi connectivity index (χ3n) is 3.96. The summed E-state index contributed by atoms with van der Waals surface area (Å²) in [5.74, 6) is -0.227. The Morgan fingerprint density at radius 2 is 1.72 bits per heavy atom. The van der Waals surface area contributed by atoms with Crippen LogP contribution in [0.3, 0.4) is 0 Å². The number of nitrogens with zero attached hydrogens (tertiary/aromatic N) is 3. The van der Waals surface area contributed by atoms with E-state index in [2.05, 4.69) is 15.5 Å². The van der Waals surface area contributed by atoms with Crippen LogP contribution in [0.15, 0.2) is 48.5 Å². The predicted octanol–water partition coefficient (Wildman–Crippen LogP) is 2.39. The van der Waals surface area contributed by atoms with Gasteiger partial charge in [-0.3, -0.25) is 4.79 Å². The summed E-state index contributed by atoms with van der Waals surface area (Å²) in [6.07, 6.45) is 0. The minimum absolute atomic E-state index is 0.0489. The Bertz CT molecular complexity index is 1020. The highest BCUT2D eigenvalue weighted by Crippen LogP contribution is 2.29.